The molecule has 5 heteroatoms. The number of rotatable bonds is 6. The topological polar surface area (TPSA) is 42.4 Å². The largest absolute Gasteiger partial charge is 0.469 e. The Morgan fingerprint density at radius 2 is 2.41 bits per heavy atom. The number of carbonyl (C=O) groups excluding carboxylic acids is 1. The Morgan fingerprint density at radius 1 is 1.65 bits per heavy atom. The lowest BCUT2D eigenvalue weighted by Gasteiger charge is -2.18. The summed E-state index contributed by atoms with van der Waals surface area (Å²) in [5.74, 6) is -0.172. The third-order valence-electron chi connectivity index (χ3n) is 2.93. The summed E-state index contributed by atoms with van der Waals surface area (Å²) in [4.78, 5) is 18.0. The molecule has 1 fully saturated rings. The van der Waals surface area contributed by atoms with E-state index in [1.807, 2.05) is 5.38 Å². The number of nitrogens with zero attached hydrogens (tertiary/aromatic N) is 2. The van der Waals surface area contributed by atoms with Gasteiger partial charge in [0.2, 0.25) is 0 Å². The lowest BCUT2D eigenvalue weighted by molar-refractivity contribution is -0.140. The van der Waals surface area contributed by atoms with E-state index >= 15 is 0 Å². The minimum Gasteiger partial charge on any atom is -0.469 e. The van der Waals surface area contributed by atoms with E-state index in [4.69, 9.17) is 0 Å². The van der Waals surface area contributed by atoms with Crippen molar-refractivity contribution in [2.45, 2.75) is 38.6 Å². The molecule has 2 rings (SSSR count). The lowest BCUT2D eigenvalue weighted by Crippen LogP contribution is -2.24. The quantitative estimate of drug-likeness (QED) is 0.730. The van der Waals surface area contributed by atoms with Crippen LogP contribution in [0.5, 0.6) is 0 Å². The smallest absolute Gasteiger partial charge is 0.305 e. The molecule has 1 aromatic heterocycles. The van der Waals surface area contributed by atoms with Crippen LogP contribution in [0.4, 0.5) is 5.13 Å². The van der Waals surface area contributed by atoms with Gasteiger partial charge in [0.15, 0.2) is 5.13 Å². The Kier molecular flexibility index (Phi) is 3.99. The summed E-state index contributed by atoms with van der Waals surface area (Å²) in [5, 5.41) is 3.14. The summed E-state index contributed by atoms with van der Waals surface area (Å²) >= 11 is 1.67. The highest BCUT2D eigenvalue weighted by Crippen LogP contribution is 2.33. The zero-order valence-corrected chi connectivity index (χ0v) is 11.1. The predicted octanol–water partition coefficient (Wildman–Crippen LogP) is 2.24. The maximum atomic E-state index is 11.0. The molecular formula is C12H18N2O2S. The van der Waals surface area contributed by atoms with Crippen LogP contribution in [0.25, 0.3) is 0 Å². The number of aryl methyl sites for hydroxylation is 1. The van der Waals surface area contributed by atoms with E-state index < -0.39 is 0 Å². The molecule has 17 heavy (non-hydrogen) atoms. The highest BCUT2D eigenvalue weighted by atomic mass is 32.1. The second kappa shape index (κ2) is 5.49. The van der Waals surface area contributed by atoms with Gasteiger partial charge in [-0.2, -0.15) is 0 Å². The van der Waals surface area contributed by atoms with Crippen molar-refractivity contribution >= 4 is 22.4 Å². The maximum absolute atomic E-state index is 11.0. The monoisotopic (exact) mass is 254 g/mol. The van der Waals surface area contributed by atoms with E-state index in [1.54, 1.807) is 11.3 Å². The minimum absolute atomic E-state index is 0.172. The number of thiazole rings is 1. The van der Waals surface area contributed by atoms with Gasteiger partial charge in [0, 0.05) is 24.4 Å². The number of hydrogen-bond donors (Lipinski definition) is 0. The van der Waals surface area contributed by atoms with Crippen LogP contribution in [0, 0.1) is 0 Å². The molecule has 0 aliphatic heterocycles. The van der Waals surface area contributed by atoms with Crippen molar-refractivity contribution in [2.75, 3.05) is 18.6 Å². The van der Waals surface area contributed by atoms with E-state index in [0.29, 0.717) is 18.9 Å². The molecular weight excluding hydrogens is 236 g/mol. The Balaban J connectivity index is 1.92. The molecule has 0 spiro atoms. The van der Waals surface area contributed by atoms with E-state index in [1.165, 1.54) is 20.0 Å². The highest BCUT2D eigenvalue weighted by molar-refractivity contribution is 7.13. The first-order valence-electron chi connectivity index (χ1n) is 6.02. The Hall–Kier alpha value is -1.10. The summed E-state index contributed by atoms with van der Waals surface area (Å²) in [6.07, 6.45) is 3.65. The van der Waals surface area contributed by atoms with Crippen LogP contribution in [0.2, 0.25) is 0 Å². The normalized spacial score (nSPS) is 14.7. The zero-order chi connectivity index (χ0) is 12.3. The van der Waals surface area contributed by atoms with Crippen molar-refractivity contribution < 1.29 is 9.53 Å². The van der Waals surface area contributed by atoms with Crippen LogP contribution in [0.15, 0.2) is 5.38 Å². The molecule has 1 heterocycles. The molecule has 4 nitrogen and oxygen atoms in total. The van der Waals surface area contributed by atoms with Crippen molar-refractivity contribution in [1.82, 2.24) is 4.98 Å². The van der Waals surface area contributed by atoms with Crippen LogP contribution >= 0.6 is 11.3 Å². The van der Waals surface area contributed by atoms with Crippen molar-refractivity contribution in [3.63, 3.8) is 0 Å². The van der Waals surface area contributed by atoms with Crippen LogP contribution in [0.1, 0.15) is 31.9 Å². The number of methoxy groups -OCH3 is 1. The van der Waals surface area contributed by atoms with Gasteiger partial charge < -0.3 is 9.64 Å². The van der Waals surface area contributed by atoms with Gasteiger partial charge in [0.05, 0.1) is 19.2 Å². The average Bonchev–Trinajstić information content (AvgIpc) is 3.06. The molecule has 0 unspecified atom stereocenters. The van der Waals surface area contributed by atoms with Crippen molar-refractivity contribution in [1.29, 1.82) is 0 Å². The Bertz CT molecular complexity index is 388. The molecule has 1 aliphatic rings. The van der Waals surface area contributed by atoms with Gasteiger partial charge >= 0.3 is 5.97 Å². The van der Waals surface area contributed by atoms with Gasteiger partial charge in [-0.25, -0.2) is 4.98 Å². The van der Waals surface area contributed by atoms with Crippen LogP contribution < -0.4 is 4.90 Å². The Morgan fingerprint density at radius 3 is 3.00 bits per heavy atom. The fourth-order valence-electron chi connectivity index (χ4n) is 1.81. The molecule has 1 aromatic rings. The van der Waals surface area contributed by atoms with Crippen molar-refractivity contribution in [3.8, 4) is 0 Å². The maximum Gasteiger partial charge on any atom is 0.305 e. The molecule has 0 atom stereocenters. The number of aromatic nitrogens is 1. The van der Waals surface area contributed by atoms with Crippen LogP contribution in [-0.2, 0) is 16.0 Å². The third kappa shape index (κ3) is 3.19. The second-order valence-corrected chi connectivity index (χ2v) is 5.05. The Labute approximate surface area is 106 Å². The van der Waals surface area contributed by atoms with Gasteiger partial charge in [-0.3, -0.25) is 4.79 Å². The second-order valence-electron chi connectivity index (χ2n) is 4.21. The summed E-state index contributed by atoms with van der Waals surface area (Å²) in [7, 11) is 1.42. The summed E-state index contributed by atoms with van der Waals surface area (Å²) in [6.45, 7) is 3.17. The fourth-order valence-corrected chi connectivity index (χ4v) is 2.81. The van der Waals surface area contributed by atoms with Crippen molar-refractivity contribution in [3.05, 3.63) is 11.1 Å². The summed E-state index contributed by atoms with van der Waals surface area (Å²) in [5.41, 5.74) is 0.995. The number of carbonyl (C=O) groups is 1. The molecule has 0 amide bonds. The number of hydrogen-bond acceptors (Lipinski definition) is 5. The van der Waals surface area contributed by atoms with Crippen molar-refractivity contribution in [2.24, 2.45) is 0 Å². The lowest BCUT2D eigenvalue weighted by atomic mass is 10.2. The van der Waals surface area contributed by atoms with Crippen LogP contribution in [-0.4, -0.2) is 30.6 Å². The SMILES string of the molecule is CCN(c1nc(CCC(=O)OC)cs1)C1CC1. The third-order valence-corrected chi connectivity index (χ3v) is 3.85. The number of anilines is 1. The first kappa shape index (κ1) is 12.4. The van der Waals surface area contributed by atoms with Gasteiger partial charge in [-0.1, -0.05) is 0 Å². The zero-order valence-electron chi connectivity index (χ0n) is 10.3. The van der Waals surface area contributed by atoms with E-state index in [9.17, 15) is 4.79 Å². The molecule has 0 radical (unpaired) electrons. The summed E-state index contributed by atoms with van der Waals surface area (Å²) in [6, 6.07) is 0.694. The molecule has 0 saturated heterocycles. The number of esters is 1. The van der Waals surface area contributed by atoms with E-state index in [-0.39, 0.29) is 5.97 Å². The molecule has 1 saturated carbocycles. The van der Waals surface area contributed by atoms with Gasteiger partial charge in [-0.05, 0) is 19.8 Å². The van der Waals surface area contributed by atoms with E-state index in [0.717, 1.165) is 17.4 Å². The fraction of sp³-hybridized carbons (Fsp3) is 0.667. The summed E-state index contributed by atoms with van der Waals surface area (Å²) < 4.78 is 4.62. The standard InChI is InChI=1S/C12H18N2O2S/c1-3-14(10-5-6-10)12-13-9(8-17-12)4-7-11(15)16-2/h8,10H,3-7H2,1-2H3. The first-order valence-corrected chi connectivity index (χ1v) is 6.90. The molecule has 0 bridgehead atoms. The highest BCUT2D eigenvalue weighted by Gasteiger charge is 2.29. The van der Waals surface area contributed by atoms with Gasteiger partial charge in [0.25, 0.3) is 0 Å². The molecule has 0 aromatic carbocycles. The first-order chi connectivity index (χ1) is 8.24. The minimum atomic E-state index is -0.172. The molecule has 0 N–H and O–H groups in total. The van der Waals surface area contributed by atoms with Crippen LogP contribution in [0.3, 0.4) is 0 Å². The number of ether oxygens (including phenoxy) is 1. The molecule has 1 aliphatic carbocycles. The van der Waals surface area contributed by atoms with Gasteiger partial charge in [0.1, 0.15) is 0 Å². The average molecular weight is 254 g/mol. The molecule has 94 valence electrons. The van der Waals surface area contributed by atoms with Gasteiger partial charge in [-0.15, -0.1) is 11.3 Å². The van der Waals surface area contributed by atoms with E-state index in [2.05, 4.69) is 21.5 Å². The predicted molar refractivity (Wildman–Crippen MR) is 68.5 cm³/mol.